The lowest BCUT2D eigenvalue weighted by atomic mass is 10.2. The predicted molar refractivity (Wildman–Crippen MR) is 59.2 cm³/mol. The van der Waals surface area contributed by atoms with Gasteiger partial charge in [0, 0.05) is 5.56 Å². The van der Waals surface area contributed by atoms with Crippen LogP contribution in [0.15, 0.2) is 32.3 Å². The molecule has 0 bridgehead atoms. The van der Waals surface area contributed by atoms with Crippen LogP contribution in [0.4, 0.5) is 4.39 Å². The Morgan fingerprint density at radius 3 is 2.80 bits per heavy atom. The molecule has 0 amide bonds. The van der Waals surface area contributed by atoms with E-state index < -0.39 is 0 Å². The Labute approximate surface area is 98.2 Å². The number of nitrogens with zero attached hydrogens (tertiary/aromatic N) is 2. The Balaban J connectivity index is 2.40. The minimum Gasteiger partial charge on any atom is -0.411 e. The molecule has 0 spiro atoms. The first kappa shape index (κ1) is 10.6. The van der Waals surface area contributed by atoms with Crippen molar-refractivity contribution >= 4 is 27.7 Å². The molecular weight excluding hydrogens is 283 g/mol. The van der Waals surface area contributed by atoms with Crippen LogP contribution in [-0.4, -0.2) is 16.5 Å². The second-order valence-electron chi connectivity index (χ2n) is 2.71. The average molecular weight is 289 g/mol. The van der Waals surface area contributed by atoms with Crippen LogP contribution in [-0.2, 0) is 0 Å². The number of aromatic nitrogens is 2. The number of hydrogen-bond donors (Lipinski definition) is 0. The average Bonchev–Trinajstić information content (AvgIpc) is 2.70. The molecule has 15 heavy (non-hydrogen) atoms. The lowest BCUT2D eigenvalue weighted by molar-refractivity contribution is 0.466. The summed E-state index contributed by atoms with van der Waals surface area (Å²) in [6.07, 6.45) is 1.85. The van der Waals surface area contributed by atoms with Crippen molar-refractivity contribution in [1.29, 1.82) is 0 Å². The van der Waals surface area contributed by atoms with Crippen molar-refractivity contribution in [3.05, 3.63) is 28.5 Å². The van der Waals surface area contributed by atoms with Crippen LogP contribution in [0.5, 0.6) is 0 Å². The van der Waals surface area contributed by atoms with Crippen molar-refractivity contribution in [3.63, 3.8) is 0 Å². The molecule has 1 aromatic heterocycles. The van der Waals surface area contributed by atoms with Crippen LogP contribution in [0, 0.1) is 5.82 Å². The Kier molecular flexibility index (Phi) is 3.06. The summed E-state index contributed by atoms with van der Waals surface area (Å²) in [5.74, 6) is 0.0726. The van der Waals surface area contributed by atoms with E-state index in [1.165, 1.54) is 17.8 Å². The Hall–Kier alpha value is -0.880. The van der Waals surface area contributed by atoms with E-state index in [9.17, 15) is 4.39 Å². The van der Waals surface area contributed by atoms with Crippen LogP contribution in [0.2, 0.25) is 0 Å². The van der Waals surface area contributed by atoms with Gasteiger partial charge in [0.15, 0.2) is 0 Å². The Bertz CT molecular complexity index is 489. The zero-order valence-electron chi connectivity index (χ0n) is 7.70. The van der Waals surface area contributed by atoms with Gasteiger partial charge in [-0.3, -0.25) is 0 Å². The van der Waals surface area contributed by atoms with Crippen molar-refractivity contribution in [1.82, 2.24) is 10.2 Å². The van der Waals surface area contributed by atoms with Gasteiger partial charge in [-0.25, -0.2) is 4.39 Å². The molecule has 2 aromatic rings. The summed E-state index contributed by atoms with van der Waals surface area (Å²) in [7, 11) is 0. The van der Waals surface area contributed by atoms with Crippen molar-refractivity contribution < 1.29 is 8.81 Å². The van der Waals surface area contributed by atoms with E-state index in [1.54, 1.807) is 12.1 Å². The van der Waals surface area contributed by atoms with Crippen molar-refractivity contribution in [2.45, 2.75) is 5.22 Å². The van der Waals surface area contributed by atoms with E-state index in [1.807, 2.05) is 6.26 Å². The molecule has 1 heterocycles. The summed E-state index contributed by atoms with van der Waals surface area (Å²) in [5.41, 5.74) is 0.691. The van der Waals surface area contributed by atoms with E-state index in [0.717, 1.165) is 0 Å². The minimum atomic E-state index is -0.316. The first-order valence-corrected chi connectivity index (χ1v) is 6.05. The molecule has 78 valence electrons. The molecule has 0 saturated heterocycles. The highest BCUT2D eigenvalue weighted by Crippen LogP contribution is 2.25. The molecule has 0 saturated carbocycles. The summed E-state index contributed by atoms with van der Waals surface area (Å²) in [4.78, 5) is 0. The van der Waals surface area contributed by atoms with Gasteiger partial charge in [-0.05, 0) is 40.4 Å². The topological polar surface area (TPSA) is 38.9 Å². The third kappa shape index (κ3) is 2.21. The Morgan fingerprint density at radius 1 is 1.40 bits per heavy atom. The third-order valence-electron chi connectivity index (χ3n) is 1.75. The van der Waals surface area contributed by atoms with Crippen LogP contribution >= 0.6 is 27.7 Å². The maximum atomic E-state index is 13.0. The van der Waals surface area contributed by atoms with Gasteiger partial charge in [-0.15, -0.1) is 10.2 Å². The first-order valence-electron chi connectivity index (χ1n) is 4.03. The molecule has 3 nitrogen and oxygen atoms in total. The van der Waals surface area contributed by atoms with Crippen LogP contribution < -0.4 is 0 Å². The summed E-state index contributed by atoms with van der Waals surface area (Å²) >= 11 is 4.46. The fourth-order valence-corrected chi connectivity index (χ4v) is 1.70. The van der Waals surface area contributed by atoms with Crippen LogP contribution in [0.1, 0.15) is 0 Å². The number of benzene rings is 1. The first-order chi connectivity index (χ1) is 7.20. The molecule has 0 aliphatic carbocycles. The van der Waals surface area contributed by atoms with Crippen molar-refractivity contribution in [3.8, 4) is 11.5 Å². The third-order valence-corrected chi connectivity index (χ3v) is 2.87. The standard InChI is InChI=1S/C9H6BrFN2OS/c1-15-9-13-12-8(14-9)5-2-3-7(11)6(10)4-5/h2-4H,1H3. The smallest absolute Gasteiger partial charge is 0.276 e. The van der Waals surface area contributed by atoms with Gasteiger partial charge in [0.25, 0.3) is 5.22 Å². The maximum absolute atomic E-state index is 13.0. The highest BCUT2D eigenvalue weighted by atomic mass is 79.9. The van der Waals surface area contributed by atoms with E-state index in [-0.39, 0.29) is 5.82 Å². The zero-order valence-corrected chi connectivity index (χ0v) is 10.1. The van der Waals surface area contributed by atoms with Gasteiger partial charge >= 0.3 is 0 Å². The van der Waals surface area contributed by atoms with Crippen LogP contribution in [0.25, 0.3) is 11.5 Å². The van der Waals surface area contributed by atoms with E-state index in [0.29, 0.717) is 21.1 Å². The molecule has 0 aliphatic heterocycles. The van der Waals surface area contributed by atoms with Crippen LogP contribution in [0.3, 0.4) is 0 Å². The summed E-state index contributed by atoms with van der Waals surface area (Å²) < 4.78 is 18.7. The lowest BCUT2D eigenvalue weighted by Crippen LogP contribution is -1.81. The van der Waals surface area contributed by atoms with Gasteiger partial charge in [0.2, 0.25) is 5.89 Å². The zero-order chi connectivity index (χ0) is 10.8. The number of hydrogen-bond acceptors (Lipinski definition) is 4. The molecule has 6 heteroatoms. The molecule has 0 N–H and O–H groups in total. The quantitative estimate of drug-likeness (QED) is 0.795. The highest BCUT2D eigenvalue weighted by Gasteiger charge is 2.09. The van der Waals surface area contributed by atoms with E-state index in [4.69, 9.17) is 4.42 Å². The monoisotopic (exact) mass is 288 g/mol. The second-order valence-corrected chi connectivity index (χ2v) is 4.32. The maximum Gasteiger partial charge on any atom is 0.276 e. The molecule has 0 aliphatic rings. The molecule has 0 unspecified atom stereocenters. The second kappa shape index (κ2) is 4.32. The predicted octanol–water partition coefficient (Wildman–Crippen LogP) is 3.36. The Morgan fingerprint density at radius 2 is 2.20 bits per heavy atom. The largest absolute Gasteiger partial charge is 0.411 e. The molecule has 0 radical (unpaired) electrons. The van der Waals surface area contributed by atoms with Gasteiger partial charge in [0.1, 0.15) is 5.82 Å². The summed E-state index contributed by atoms with van der Waals surface area (Å²) in [6.45, 7) is 0. The van der Waals surface area contributed by atoms with Crippen molar-refractivity contribution in [2.75, 3.05) is 6.26 Å². The van der Waals surface area contributed by atoms with Gasteiger partial charge in [-0.1, -0.05) is 11.8 Å². The fourth-order valence-electron chi connectivity index (χ4n) is 1.04. The molecular formula is C9H6BrFN2OS. The number of halogens is 2. The molecule has 1 aromatic carbocycles. The fraction of sp³-hybridized carbons (Fsp3) is 0.111. The van der Waals surface area contributed by atoms with Gasteiger partial charge < -0.3 is 4.42 Å². The molecule has 0 atom stereocenters. The highest BCUT2D eigenvalue weighted by molar-refractivity contribution is 9.10. The SMILES string of the molecule is CSc1nnc(-c2ccc(F)c(Br)c2)o1. The van der Waals surface area contributed by atoms with Crippen molar-refractivity contribution in [2.24, 2.45) is 0 Å². The number of thioether (sulfide) groups is 1. The van der Waals surface area contributed by atoms with E-state index >= 15 is 0 Å². The normalized spacial score (nSPS) is 10.6. The lowest BCUT2D eigenvalue weighted by Gasteiger charge is -1.96. The minimum absolute atomic E-state index is 0.316. The van der Waals surface area contributed by atoms with E-state index in [2.05, 4.69) is 26.1 Å². The van der Waals surface area contributed by atoms with Gasteiger partial charge in [0.05, 0.1) is 4.47 Å². The molecule has 0 fully saturated rings. The summed E-state index contributed by atoms with van der Waals surface area (Å²) in [6, 6.07) is 4.55. The van der Waals surface area contributed by atoms with Gasteiger partial charge in [-0.2, -0.15) is 0 Å². The summed E-state index contributed by atoms with van der Waals surface area (Å²) in [5, 5.41) is 8.14. The molecule has 2 rings (SSSR count). The number of rotatable bonds is 2.